The lowest BCUT2D eigenvalue weighted by Crippen LogP contribution is -2.22. The standard InChI is InChI=1S/C27H26O4.H2/c1-2-20-6-5-19(13-23(20)21-7-3-18(16-28)4-8-21)14-26(29)27(11-12-27)22-9-10-24-25(15-22)31-17-30-24;/h3-10,13,15,28H,2,11-12,14,16-17H2,1H3;1H. The summed E-state index contributed by atoms with van der Waals surface area (Å²) in [6, 6.07) is 20.2. The summed E-state index contributed by atoms with van der Waals surface area (Å²) >= 11 is 0. The molecule has 1 N–H and O–H groups in total. The first-order chi connectivity index (χ1) is 15.1. The van der Waals surface area contributed by atoms with Gasteiger partial charge in [0.05, 0.1) is 12.0 Å². The number of aryl methyl sites for hydroxylation is 1. The van der Waals surface area contributed by atoms with Crippen LogP contribution in [0.15, 0.2) is 60.7 Å². The molecule has 1 saturated carbocycles. The van der Waals surface area contributed by atoms with E-state index >= 15 is 0 Å². The first-order valence-corrected chi connectivity index (χ1v) is 10.9. The van der Waals surface area contributed by atoms with Gasteiger partial charge in [0.25, 0.3) is 0 Å². The molecule has 31 heavy (non-hydrogen) atoms. The molecule has 0 spiro atoms. The fourth-order valence-electron chi connectivity index (χ4n) is 4.50. The summed E-state index contributed by atoms with van der Waals surface area (Å²) in [6.07, 6.45) is 3.11. The van der Waals surface area contributed by atoms with Gasteiger partial charge in [-0.05, 0) is 64.8 Å². The van der Waals surface area contributed by atoms with E-state index in [1.54, 1.807) is 0 Å². The van der Waals surface area contributed by atoms with Gasteiger partial charge in [0, 0.05) is 7.85 Å². The van der Waals surface area contributed by atoms with Crippen LogP contribution in [0.5, 0.6) is 11.5 Å². The smallest absolute Gasteiger partial charge is 0.231 e. The Morgan fingerprint density at radius 2 is 1.71 bits per heavy atom. The van der Waals surface area contributed by atoms with E-state index in [4.69, 9.17) is 9.47 Å². The van der Waals surface area contributed by atoms with Gasteiger partial charge >= 0.3 is 0 Å². The average molecular weight is 417 g/mol. The first-order valence-electron chi connectivity index (χ1n) is 10.9. The number of carbonyl (C=O) groups excluding carboxylic acids is 1. The second-order valence-electron chi connectivity index (χ2n) is 8.45. The van der Waals surface area contributed by atoms with Crippen LogP contribution in [0, 0.1) is 0 Å². The Labute approximate surface area is 183 Å². The highest BCUT2D eigenvalue weighted by Gasteiger charge is 2.50. The summed E-state index contributed by atoms with van der Waals surface area (Å²) in [6.45, 7) is 2.42. The number of benzene rings is 3. The topological polar surface area (TPSA) is 55.8 Å². The third-order valence-corrected chi connectivity index (χ3v) is 6.58. The lowest BCUT2D eigenvalue weighted by molar-refractivity contribution is -0.120. The number of hydrogen-bond donors (Lipinski definition) is 1. The minimum Gasteiger partial charge on any atom is -0.454 e. The quantitative estimate of drug-likeness (QED) is 0.573. The van der Waals surface area contributed by atoms with Gasteiger partial charge in [0.15, 0.2) is 11.5 Å². The average Bonchev–Trinajstić information content (AvgIpc) is 3.50. The zero-order chi connectivity index (χ0) is 21.4. The number of ether oxygens (including phenoxy) is 2. The van der Waals surface area contributed by atoms with Gasteiger partial charge in [0.2, 0.25) is 6.79 Å². The fraction of sp³-hybridized carbons (Fsp3) is 0.296. The number of aliphatic hydroxyl groups is 1. The van der Waals surface area contributed by atoms with Crippen molar-refractivity contribution in [2.24, 2.45) is 0 Å². The van der Waals surface area contributed by atoms with Gasteiger partial charge in [-0.25, -0.2) is 0 Å². The second-order valence-corrected chi connectivity index (χ2v) is 8.45. The summed E-state index contributed by atoms with van der Waals surface area (Å²) < 4.78 is 10.9. The van der Waals surface area contributed by atoms with Gasteiger partial charge in [0.1, 0.15) is 5.78 Å². The van der Waals surface area contributed by atoms with Gasteiger partial charge in [-0.2, -0.15) is 0 Å². The summed E-state index contributed by atoms with van der Waals surface area (Å²) in [5.41, 5.74) is 6.10. The number of rotatable bonds is 7. The minimum absolute atomic E-state index is 0. The van der Waals surface area contributed by atoms with Crippen LogP contribution in [0.2, 0.25) is 0 Å². The molecule has 0 bridgehead atoms. The zero-order valence-corrected chi connectivity index (χ0v) is 17.7. The van der Waals surface area contributed by atoms with Crippen molar-refractivity contribution in [3.05, 3.63) is 82.9 Å². The number of carbonyl (C=O) groups is 1. The number of fused-ring (bicyclic) bond motifs is 1. The summed E-state index contributed by atoms with van der Waals surface area (Å²) in [4.78, 5) is 13.4. The van der Waals surface area contributed by atoms with Crippen LogP contribution in [0.25, 0.3) is 11.1 Å². The maximum absolute atomic E-state index is 13.4. The molecule has 3 aromatic carbocycles. The Balaban J connectivity index is 0.00000245. The highest BCUT2D eigenvalue weighted by atomic mass is 16.7. The van der Waals surface area contributed by atoms with E-state index in [2.05, 4.69) is 25.1 Å². The van der Waals surface area contributed by atoms with Crippen molar-refractivity contribution >= 4 is 5.78 Å². The van der Waals surface area contributed by atoms with Crippen molar-refractivity contribution < 1.29 is 20.8 Å². The Morgan fingerprint density at radius 3 is 2.42 bits per heavy atom. The van der Waals surface area contributed by atoms with Crippen molar-refractivity contribution in [3.63, 3.8) is 0 Å². The Kier molecular flexibility index (Phi) is 5.03. The Hall–Kier alpha value is -3.11. The van der Waals surface area contributed by atoms with Gasteiger partial charge in [-0.1, -0.05) is 55.5 Å². The minimum atomic E-state index is -0.395. The maximum atomic E-state index is 13.4. The molecule has 0 saturated heterocycles. The van der Waals surface area contributed by atoms with E-state index in [0.717, 1.165) is 58.6 Å². The van der Waals surface area contributed by atoms with Crippen LogP contribution >= 0.6 is 0 Å². The number of aliphatic hydroxyl groups excluding tert-OH is 1. The largest absolute Gasteiger partial charge is 0.454 e. The summed E-state index contributed by atoms with van der Waals surface area (Å²) in [5, 5.41) is 9.32. The molecule has 1 aliphatic heterocycles. The van der Waals surface area contributed by atoms with E-state index in [9.17, 15) is 9.90 Å². The van der Waals surface area contributed by atoms with Crippen molar-refractivity contribution in [3.8, 4) is 22.6 Å². The molecule has 0 aromatic heterocycles. The fourth-order valence-corrected chi connectivity index (χ4v) is 4.50. The van der Waals surface area contributed by atoms with Crippen molar-refractivity contribution in [1.82, 2.24) is 0 Å². The van der Waals surface area contributed by atoms with Gasteiger partial charge < -0.3 is 14.6 Å². The molecular weight excluding hydrogens is 388 g/mol. The van der Waals surface area contributed by atoms with Gasteiger partial charge in [-0.3, -0.25) is 4.79 Å². The van der Waals surface area contributed by atoms with Crippen LogP contribution < -0.4 is 9.47 Å². The van der Waals surface area contributed by atoms with Crippen molar-refractivity contribution in [2.75, 3.05) is 6.79 Å². The summed E-state index contributed by atoms with van der Waals surface area (Å²) in [5.74, 6) is 1.74. The SMILES string of the molecule is CCc1ccc(CC(=O)C2(c3ccc4c(c3)OCO4)CC2)cc1-c1ccc(CO)cc1.[HH]. The van der Waals surface area contributed by atoms with E-state index < -0.39 is 5.41 Å². The van der Waals surface area contributed by atoms with Crippen LogP contribution in [0.4, 0.5) is 0 Å². The molecular formula is C27H28O4. The second kappa shape index (κ2) is 7.86. The molecule has 3 aromatic rings. The number of ketones is 1. The molecule has 0 amide bonds. The Morgan fingerprint density at radius 1 is 0.968 bits per heavy atom. The molecule has 2 aliphatic rings. The first kappa shape index (κ1) is 19.8. The molecule has 160 valence electrons. The highest BCUT2D eigenvalue weighted by molar-refractivity contribution is 5.95. The van der Waals surface area contributed by atoms with Crippen molar-refractivity contribution in [1.29, 1.82) is 0 Å². The van der Waals surface area contributed by atoms with Gasteiger partial charge in [-0.15, -0.1) is 0 Å². The van der Waals surface area contributed by atoms with E-state index in [1.807, 2.05) is 42.5 Å². The normalized spacial score (nSPS) is 15.7. The molecule has 4 heteroatoms. The van der Waals surface area contributed by atoms with Crippen LogP contribution in [-0.4, -0.2) is 17.7 Å². The van der Waals surface area contributed by atoms with E-state index in [-0.39, 0.29) is 20.6 Å². The predicted molar refractivity (Wildman–Crippen MR) is 121 cm³/mol. The van der Waals surface area contributed by atoms with Crippen LogP contribution in [-0.2, 0) is 29.7 Å². The predicted octanol–water partition coefficient (Wildman–Crippen LogP) is 5.23. The molecule has 0 atom stereocenters. The number of hydrogen-bond acceptors (Lipinski definition) is 4. The Bertz CT molecular complexity index is 1130. The molecule has 1 heterocycles. The van der Waals surface area contributed by atoms with E-state index in [0.29, 0.717) is 6.42 Å². The van der Waals surface area contributed by atoms with Crippen LogP contribution in [0.1, 0.15) is 43.4 Å². The monoisotopic (exact) mass is 416 g/mol. The molecule has 1 fully saturated rings. The summed E-state index contributed by atoms with van der Waals surface area (Å²) in [7, 11) is 0. The zero-order valence-electron chi connectivity index (χ0n) is 17.7. The van der Waals surface area contributed by atoms with Crippen LogP contribution in [0.3, 0.4) is 0 Å². The van der Waals surface area contributed by atoms with Crippen molar-refractivity contribution in [2.45, 2.75) is 44.6 Å². The molecule has 0 unspecified atom stereocenters. The molecule has 1 aliphatic carbocycles. The lowest BCUT2D eigenvalue weighted by Gasteiger charge is -2.16. The number of Topliss-reactive ketones (excluding diaryl/α,β-unsaturated/α-hetero) is 1. The molecule has 4 nitrogen and oxygen atoms in total. The maximum Gasteiger partial charge on any atom is 0.231 e. The molecule has 0 radical (unpaired) electrons. The third kappa shape index (κ3) is 3.61. The lowest BCUT2D eigenvalue weighted by atomic mass is 9.86. The highest BCUT2D eigenvalue weighted by Crippen LogP contribution is 2.51. The molecule has 5 rings (SSSR count). The third-order valence-electron chi connectivity index (χ3n) is 6.58. The van der Waals surface area contributed by atoms with E-state index in [1.165, 1.54) is 5.56 Å².